The highest BCUT2D eigenvalue weighted by molar-refractivity contribution is 7.11. The highest BCUT2D eigenvalue weighted by Crippen LogP contribution is 2.41. The number of amides is 1. The normalized spacial score (nSPS) is 24.6. The third-order valence-corrected chi connectivity index (χ3v) is 5.57. The molecular weight excluding hydrogens is 305 g/mol. The van der Waals surface area contributed by atoms with E-state index in [9.17, 15) is 4.79 Å². The van der Waals surface area contributed by atoms with Crippen molar-refractivity contribution in [2.45, 2.75) is 18.9 Å². The Bertz CT molecular complexity index is 758. The quantitative estimate of drug-likeness (QED) is 0.868. The minimum atomic E-state index is -0.703. The third-order valence-electron chi connectivity index (χ3n) is 4.40. The number of hydrogen-bond acceptors (Lipinski definition) is 4. The van der Waals surface area contributed by atoms with E-state index in [2.05, 4.69) is 4.99 Å². The molecule has 0 unspecified atom stereocenters. The molecule has 3 rings (SSSR count). The second-order valence-electron chi connectivity index (χ2n) is 6.00. The van der Waals surface area contributed by atoms with E-state index in [1.54, 1.807) is 7.05 Å². The molecule has 0 fully saturated rings. The first kappa shape index (κ1) is 15.8. The van der Waals surface area contributed by atoms with Gasteiger partial charge in [0.05, 0.1) is 5.92 Å². The largest absolute Gasteiger partial charge is 0.369 e. The third kappa shape index (κ3) is 2.79. The summed E-state index contributed by atoms with van der Waals surface area (Å²) in [6, 6.07) is 11.9. The second-order valence-corrected chi connectivity index (χ2v) is 6.91. The molecule has 2 aromatic rings. The molecule has 2 N–H and O–H groups in total. The fourth-order valence-corrected chi connectivity index (χ4v) is 3.92. The molecule has 6 heteroatoms. The van der Waals surface area contributed by atoms with Crippen molar-refractivity contribution in [3.63, 3.8) is 0 Å². The summed E-state index contributed by atoms with van der Waals surface area (Å²) < 4.78 is 0. The van der Waals surface area contributed by atoms with Gasteiger partial charge in [-0.2, -0.15) is 0 Å². The topological polar surface area (TPSA) is 58.7 Å². The van der Waals surface area contributed by atoms with Gasteiger partial charge < -0.3 is 5.73 Å². The molecule has 4 nitrogen and oxygen atoms in total. The van der Waals surface area contributed by atoms with Gasteiger partial charge in [-0.1, -0.05) is 41.9 Å². The Balaban J connectivity index is 2.07. The lowest BCUT2D eigenvalue weighted by Crippen LogP contribution is -2.54. The van der Waals surface area contributed by atoms with E-state index >= 15 is 0 Å². The minimum Gasteiger partial charge on any atom is -0.369 e. The van der Waals surface area contributed by atoms with Crippen molar-refractivity contribution in [1.82, 2.24) is 4.90 Å². The van der Waals surface area contributed by atoms with Crippen LogP contribution in [0.3, 0.4) is 0 Å². The van der Waals surface area contributed by atoms with E-state index in [-0.39, 0.29) is 17.8 Å². The van der Waals surface area contributed by atoms with Crippen LogP contribution in [0.15, 0.2) is 46.8 Å². The number of thiophene rings is 1. The van der Waals surface area contributed by atoms with Crippen molar-refractivity contribution in [2.75, 3.05) is 7.05 Å². The molecule has 1 aliphatic heterocycles. The number of nitrogens with zero attached hydrogens (tertiary/aromatic N) is 2. The van der Waals surface area contributed by atoms with Gasteiger partial charge in [-0.25, -0.2) is 4.99 Å². The van der Waals surface area contributed by atoms with Crippen molar-refractivity contribution in [3.8, 4) is 0 Å². The van der Waals surface area contributed by atoms with Crippen LogP contribution in [0, 0.1) is 5.92 Å². The summed E-state index contributed by atoms with van der Waals surface area (Å²) in [6.07, 6.45) is 0.606. The molecule has 1 aromatic heterocycles. The summed E-state index contributed by atoms with van der Waals surface area (Å²) in [5.74, 6) is -0.0927. The lowest BCUT2D eigenvalue weighted by atomic mass is 9.78. The van der Waals surface area contributed by atoms with Gasteiger partial charge in [-0.15, -0.1) is 11.3 Å². The van der Waals surface area contributed by atoms with Crippen LogP contribution < -0.4 is 11.2 Å². The number of aliphatic imine (C=N–C) groups is 1. The molecule has 1 amide bonds. The highest BCUT2D eigenvalue weighted by Gasteiger charge is 2.46. The molecule has 0 aliphatic carbocycles. The number of carbonyl (C=O) groups excluding carboxylic acids is 1. The van der Waals surface area contributed by atoms with E-state index in [0.717, 1.165) is 10.4 Å². The summed E-state index contributed by atoms with van der Waals surface area (Å²) in [4.78, 5) is 19.9. The Hall–Kier alpha value is -2.08. The van der Waals surface area contributed by atoms with Crippen LogP contribution >= 0.6 is 11.3 Å². The zero-order valence-corrected chi connectivity index (χ0v) is 14.0. The Morgan fingerprint density at radius 2 is 2.09 bits per heavy atom. The van der Waals surface area contributed by atoms with E-state index in [4.69, 9.17) is 13.6 Å². The molecule has 1 aromatic carbocycles. The first-order chi connectivity index (χ1) is 10.9. The molecule has 1 aliphatic rings. The van der Waals surface area contributed by atoms with Crippen LogP contribution in [0.25, 0.3) is 0 Å². The maximum Gasteiger partial charge on any atom is 0.235 e. The minimum absolute atomic E-state index is 0.0178. The van der Waals surface area contributed by atoms with Gasteiger partial charge in [0.1, 0.15) is 13.4 Å². The van der Waals surface area contributed by atoms with Crippen LogP contribution in [0.2, 0.25) is 0 Å². The zero-order valence-electron chi connectivity index (χ0n) is 13.2. The monoisotopic (exact) mass is 323 g/mol. The number of nitrogens with two attached hydrogens (primary N) is 1. The maximum absolute atomic E-state index is 12.9. The first-order valence-electron chi connectivity index (χ1n) is 7.43. The van der Waals surface area contributed by atoms with Crippen LogP contribution in [-0.2, 0) is 16.8 Å². The van der Waals surface area contributed by atoms with Crippen molar-refractivity contribution in [1.29, 1.82) is 0 Å². The predicted molar refractivity (Wildman–Crippen MR) is 95.1 cm³/mol. The zero-order chi connectivity index (χ0) is 16.6. The smallest absolute Gasteiger partial charge is 0.235 e. The average Bonchev–Trinajstić information content (AvgIpc) is 2.98. The number of rotatable bonds is 3. The van der Waals surface area contributed by atoms with Gasteiger partial charge in [0.15, 0.2) is 5.96 Å². The van der Waals surface area contributed by atoms with Gasteiger partial charge >= 0.3 is 0 Å². The summed E-state index contributed by atoms with van der Waals surface area (Å²) in [5.41, 5.74) is 7.06. The molecule has 116 valence electrons. The van der Waals surface area contributed by atoms with Gasteiger partial charge in [0.25, 0.3) is 0 Å². The molecular formula is C17H18BN3OS. The van der Waals surface area contributed by atoms with Crippen molar-refractivity contribution >= 4 is 36.5 Å². The molecule has 0 saturated carbocycles. The Labute approximate surface area is 141 Å². The molecule has 2 radical (unpaired) electrons. The van der Waals surface area contributed by atoms with Crippen molar-refractivity contribution in [2.24, 2.45) is 16.6 Å². The fraction of sp³-hybridized carbons (Fsp3) is 0.294. The Kier molecular flexibility index (Phi) is 4.02. The van der Waals surface area contributed by atoms with Gasteiger partial charge in [0, 0.05) is 11.9 Å². The maximum atomic E-state index is 12.9. The number of hydrogen-bond donors (Lipinski definition) is 1. The lowest BCUT2D eigenvalue weighted by molar-refractivity contribution is -0.134. The molecule has 2 heterocycles. The number of benzene rings is 1. The first-order valence-corrected chi connectivity index (χ1v) is 8.31. The molecule has 0 spiro atoms. The molecule has 23 heavy (non-hydrogen) atoms. The van der Waals surface area contributed by atoms with Gasteiger partial charge in [-0.3, -0.25) is 9.69 Å². The lowest BCUT2D eigenvalue weighted by Gasteiger charge is -2.40. The number of carbonyl (C=O) groups is 1. The van der Waals surface area contributed by atoms with Crippen LogP contribution in [-0.4, -0.2) is 31.7 Å². The average molecular weight is 323 g/mol. The fourth-order valence-electron chi connectivity index (χ4n) is 2.96. The van der Waals surface area contributed by atoms with Gasteiger partial charge in [0.2, 0.25) is 5.91 Å². The summed E-state index contributed by atoms with van der Waals surface area (Å²) in [5, 5.41) is 1.87. The summed E-state index contributed by atoms with van der Waals surface area (Å²) in [7, 11) is 7.54. The summed E-state index contributed by atoms with van der Waals surface area (Å²) >= 11 is 1.52. The molecule has 0 bridgehead atoms. The Morgan fingerprint density at radius 1 is 1.39 bits per heavy atom. The van der Waals surface area contributed by atoms with Crippen LogP contribution in [0.5, 0.6) is 0 Å². The van der Waals surface area contributed by atoms with Gasteiger partial charge in [-0.05, 0) is 24.3 Å². The predicted octanol–water partition coefficient (Wildman–Crippen LogP) is 1.40. The standard InChI is InChI=1S/C17H18BN3OS/c1-17(14-9-12(18)10-23-14)13(8-11-6-4-3-5-7-11)15(22)21(2)16(19)20-17/h3-7,9-10,13H,8H2,1-2H3,(H2,19,20)/t13-,17+/m1/s1. The molecule has 0 saturated heterocycles. The van der Waals surface area contributed by atoms with Crippen LogP contribution in [0.1, 0.15) is 17.4 Å². The summed E-state index contributed by atoms with van der Waals surface area (Å²) in [6.45, 7) is 1.96. The Morgan fingerprint density at radius 3 is 2.70 bits per heavy atom. The van der Waals surface area contributed by atoms with E-state index in [1.165, 1.54) is 16.2 Å². The highest BCUT2D eigenvalue weighted by atomic mass is 32.1. The van der Waals surface area contributed by atoms with Crippen LogP contribution in [0.4, 0.5) is 0 Å². The van der Waals surface area contributed by atoms with Crippen molar-refractivity contribution in [3.05, 3.63) is 52.2 Å². The van der Waals surface area contributed by atoms with E-state index in [1.807, 2.05) is 48.7 Å². The number of guanidine groups is 1. The second kappa shape index (κ2) is 5.85. The van der Waals surface area contributed by atoms with E-state index < -0.39 is 5.54 Å². The molecule has 2 atom stereocenters. The SMILES string of the molecule is [B]c1csc([C@@]2(C)N=C(N)N(C)C(=O)[C@H]2Cc2ccccc2)c1. The van der Waals surface area contributed by atoms with E-state index in [0.29, 0.717) is 11.9 Å². The van der Waals surface area contributed by atoms with Crippen molar-refractivity contribution < 1.29 is 4.79 Å².